The molecule has 2 aliphatic heterocycles. The van der Waals surface area contributed by atoms with Crippen LogP contribution in [0.3, 0.4) is 0 Å². The number of alkyl halides is 1. The van der Waals surface area contributed by atoms with Gasteiger partial charge in [-0.3, -0.25) is 9.29 Å². The number of fused-ring (bicyclic) bond motifs is 1. The number of phenolic OH excluding ortho intramolecular Hbond substituents is 1. The van der Waals surface area contributed by atoms with Crippen LogP contribution in [0.25, 0.3) is 11.1 Å². The number of hydrogen-bond donors (Lipinski definition) is 1. The van der Waals surface area contributed by atoms with Crippen LogP contribution in [0.4, 0.5) is 8.78 Å². The zero-order valence-electron chi connectivity index (χ0n) is 20.0. The standard InChI is InChI=1S/C29H28ClF2NO3/c1-18-24-15-22(34)5-9-27(24)36-29(28(18)21-4-8-26(32)25(30)14-21)20-2-6-23(7-3-20)35-13-12-33-11-10-19(16-31)17-33/h2-9,14-15,19,29,34H,10-13,16-17H2,1H3/t19-,29?/m0/s1. The van der Waals surface area contributed by atoms with E-state index in [9.17, 15) is 13.9 Å². The van der Waals surface area contributed by atoms with Crippen LogP contribution in [0.15, 0.2) is 60.7 Å². The second kappa shape index (κ2) is 10.5. The van der Waals surface area contributed by atoms with Gasteiger partial charge in [0.25, 0.3) is 0 Å². The van der Waals surface area contributed by atoms with E-state index in [1.54, 1.807) is 30.3 Å². The molecule has 5 rings (SSSR count). The largest absolute Gasteiger partial charge is 0.508 e. The lowest BCUT2D eigenvalue weighted by molar-refractivity contribution is 0.228. The van der Waals surface area contributed by atoms with Crippen LogP contribution in [0.2, 0.25) is 5.02 Å². The lowest BCUT2D eigenvalue weighted by atomic mass is 9.86. The normalized spacial score (nSPS) is 19.8. The Balaban J connectivity index is 1.38. The van der Waals surface area contributed by atoms with Crippen molar-refractivity contribution in [3.05, 3.63) is 88.2 Å². The van der Waals surface area contributed by atoms with E-state index in [-0.39, 0.29) is 23.4 Å². The van der Waals surface area contributed by atoms with E-state index >= 15 is 0 Å². The van der Waals surface area contributed by atoms with Crippen LogP contribution in [0, 0.1) is 11.7 Å². The molecular weight excluding hydrogens is 484 g/mol. The maximum atomic E-state index is 13.9. The first-order valence-electron chi connectivity index (χ1n) is 12.1. The first-order valence-corrected chi connectivity index (χ1v) is 12.5. The molecule has 36 heavy (non-hydrogen) atoms. The third-order valence-electron chi connectivity index (χ3n) is 6.96. The smallest absolute Gasteiger partial charge is 0.150 e. The Morgan fingerprint density at radius 1 is 1.11 bits per heavy atom. The highest BCUT2D eigenvalue weighted by Crippen LogP contribution is 2.47. The number of likely N-dealkylation sites (tertiary alicyclic amines) is 1. The molecule has 3 aromatic rings. The summed E-state index contributed by atoms with van der Waals surface area (Å²) in [5.41, 5.74) is 4.19. The number of rotatable bonds is 7. The van der Waals surface area contributed by atoms with Gasteiger partial charge in [0.05, 0.1) is 11.7 Å². The Bertz CT molecular complexity index is 1280. The van der Waals surface area contributed by atoms with Crippen LogP contribution in [-0.4, -0.2) is 42.9 Å². The molecule has 0 spiro atoms. The van der Waals surface area contributed by atoms with Crippen molar-refractivity contribution in [1.82, 2.24) is 4.90 Å². The fourth-order valence-electron chi connectivity index (χ4n) is 4.98. The van der Waals surface area contributed by atoms with Crippen LogP contribution in [-0.2, 0) is 0 Å². The zero-order chi connectivity index (χ0) is 25.2. The molecule has 0 radical (unpaired) electrons. The van der Waals surface area contributed by atoms with Gasteiger partial charge in [-0.1, -0.05) is 29.8 Å². The number of nitrogens with zero attached hydrogens (tertiary/aromatic N) is 1. The quantitative estimate of drug-likeness (QED) is 0.374. The third kappa shape index (κ3) is 5.06. The molecule has 1 unspecified atom stereocenters. The zero-order valence-corrected chi connectivity index (χ0v) is 20.8. The van der Waals surface area contributed by atoms with Crippen LogP contribution >= 0.6 is 11.6 Å². The van der Waals surface area contributed by atoms with Crippen molar-refractivity contribution < 1.29 is 23.4 Å². The monoisotopic (exact) mass is 511 g/mol. The summed E-state index contributed by atoms with van der Waals surface area (Å²) in [5.74, 6) is 1.21. The topological polar surface area (TPSA) is 41.9 Å². The summed E-state index contributed by atoms with van der Waals surface area (Å²) in [4.78, 5) is 2.23. The maximum absolute atomic E-state index is 13.9. The van der Waals surface area contributed by atoms with Gasteiger partial charge in [0.1, 0.15) is 35.8 Å². The molecule has 2 aliphatic rings. The summed E-state index contributed by atoms with van der Waals surface area (Å²) < 4.78 is 39.1. The second-order valence-electron chi connectivity index (χ2n) is 9.37. The molecule has 0 aliphatic carbocycles. The highest BCUT2D eigenvalue weighted by molar-refractivity contribution is 6.31. The molecule has 7 heteroatoms. The number of ether oxygens (including phenoxy) is 2. The molecule has 1 saturated heterocycles. The fourth-order valence-corrected chi connectivity index (χ4v) is 5.16. The van der Waals surface area contributed by atoms with Crippen molar-refractivity contribution in [3.8, 4) is 17.2 Å². The predicted octanol–water partition coefficient (Wildman–Crippen LogP) is 6.92. The number of benzene rings is 3. The van der Waals surface area contributed by atoms with Gasteiger partial charge in [0.15, 0.2) is 0 Å². The molecule has 0 bridgehead atoms. The summed E-state index contributed by atoms with van der Waals surface area (Å²) in [7, 11) is 0. The molecule has 3 aromatic carbocycles. The summed E-state index contributed by atoms with van der Waals surface area (Å²) in [6, 6.07) is 17.4. The highest BCUT2D eigenvalue weighted by Gasteiger charge is 2.30. The molecule has 188 valence electrons. The minimum atomic E-state index is -0.486. The van der Waals surface area contributed by atoms with Crippen molar-refractivity contribution >= 4 is 22.7 Å². The molecular formula is C29H28ClF2NO3. The molecule has 2 heterocycles. The van der Waals surface area contributed by atoms with Gasteiger partial charge in [-0.15, -0.1) is 0 Å². The van der Waals surface area contributed by atoms with Gasteiger partial charge in [-0.05, 0) is 79.1 Å². The minimum Gasteiger partial charge on any atom is -0.508 e. The summed E-state index contributed by atoms with van der Waals surface area (Å²) in [6.07, 6.45) is 0.448. The van der Waals surface area contributed by atoms with E-state index in [1.807, 2.05) is 31.2 Å². The van der Waals surface area contributed by atoms with Crippen molar-refractivity contribution in [3.63, 3.8) is 0 Å². The van der Waals surface area contributed by atoms with Gasteiger partial charge in [-0.25, -0.2) is 4.39 Å². The predicted molar refractivity (Wildman–Crippen MR) is 138 cm³/mol. The Morgan fingerprint density at radius 2 is 1.92 bits per heavy atom. The van der Waals surface area contributed by atoms with Gasteiger partial charge in [-0.2, -0.15) is 0 Å². The third-order valence-corrected chi connectivity index (χ3v) is 7.25. The lowest BCUT2D eigenvalue weighted by Crippen LogP contribution is -2.26. The number of phenols is 1. The first-order chi connectivity index (χ1) is 17.4. The summed E-state index contributed by atoms with van der Waals surface area (Å²) >= 11 is 6.12. The van der Waals surface area contributed by atoms with Crippen molar-refractivity contribution in [1.29, 1.82) is 0 Å². The van der Waals surface area contributed by atoms with Gasteiger partial charge < -0.3 is 14.6 Å². The van der Waals surface area contributed by atoms with E-state index in [0.717, 1.165) is 59.6 Å². The SMILES string of the molecule is CC1=C(c2ccc(F)c(Cl)c2)C(c2ccc(OCCN3CC[C@@H](CF)C3)cc2)Oc2ccc(O)cc21. The molecule has 2 atom stereocenters. The van der Waals surface area contributed by atoms with E-state index < -0.39 is 11.9 Å². The van der Waals surface area contributed by atoms with Crippen LogP contribution < -0.4 is 9.47 Å². The van der Waals surface area contributed by atoms with E-state index in [1.165, 1.54) is 6.07 Å². The minimum absolute atomic E-state index is 0.0350. The molecule has 1 N–H and O–H groups in total. The molecule has 0 aromatic heterocycles. The number of hydrogen-bond acceptors (Lipinski definition) is 4. The van der Waals surface area contributed by atoms with Crippen LogP contribution in [0.1, 0.15) is 36.1 Å². The average molecular weight is 512 g/mol. The Morgan fingerprint density at radius 3 is 2.64 bits per heavy atom. The van der Waals surface area contributed by atoms with Crippen molar-refractivity contribution in [2.45, 2.75) is 19.4 Å². The first kappa shape index (κ1) is 24.6. The lowest BCUT2D eigenvalue weighted by Gasteiger charge is -2.31. The summed E-state index contributed by atoms with van der Waals surface area (Å²) in [6.45, 7) is 4.71. The Kier molecular flexibility index (Phi) is 7.17. The number of aromatic hydroxyl groups is 1. The average Bonchev–Trinajstić information content (AvgIpc) is 3.35. The highest BCUT2D eigenvalue weighted by atomic mass is 35.5. The van der Waals surface area contributed by atoms with E-state index in [4.69, 9.17) is 21.1 Å². The van der Waals surface area contributed by atoms with Crippen molar-refractivity contribution in [2.24, 2.45) is 5.92 Å². The molecule has 0 saturated carbocycles. The summed E-state index contributed by atoms with van der Waals surface area (Å²) in [5, 5.41) is 10.1. The molecule has 0 amide bonds. The van der Waals surface area contributed by atoms with E-state index in [0.29, 0.717) is 12.4 Å². The van der Waals surface area contributed by atoms with Crippen molar-refractivity contribution in [2.75, 3.05) is 32.9 Å². The van der Waals surface area contributed by atoms with Gasteiger partial charge in [0.2, 0.25) is 0 Å². The van der Waals surface area contributed by atoms with E-state index in [2.05, 4.69) is 4.90 Å². The molecule has 1 fully saturated rings. The number of halogens is 3. The Labute approximate surface area is 214 Å². The van der Waals surface area contributed by atoms with Gasteiger partial charge in [0, 0.05) is 30.1 Å². The number of allylic oxidation sites excluding steroid dienone is 1. The maximum Gasteiger partial charge on any atom is 0.150 e. The fraction of sp³-hybridized carbons (Fsp3) is 0.310. The van der Waals surface area contributed by atoms with Gasteiger partial charge >= 0.3 is 0 Å². The Hall–Kier alpha value is -3.09. The molecule has 4 nitrogen and oxygen atoms in total. The van der Waals surface area contributed by atoms with Crippen LogP contribution in [0.5, 0.6) is 17.2 Å². The second-order valence-corrected chi connectivity index (χ2v) is 9.78.